The van der Waals surface area contributed by atoms with Gasteiger partial charge in [-0.1, -0.05) is 13.8 Å². The molecule has 0 bridgehead atoms. The Morgan fingerprint density at radius 1 is 1.22 bits per heavy atom. The summed E-state index contributed by atoms with van der Waals surface area (Å²) in [4.78, 5) is 2.40. The lowest BCUT2D eigenvalue weighted by Gasteiger charge is -2.41. The molecule has 3 nitrogen and oxygen atoms in total. The molecule has 0 aromatic carbocycles. The van der Waals surface area contributed by atoms with Crippen molar-refractivity contribution in [3.63, 3.8) is 0 Å². The number of hydrogen-bond acceptors (Lipinski definition) is 3. The maximum absolute atomic E-state index is 6.29. The summed E-state index contributed by atoms with van der Waals surface area (Å²) in [5.74, 6) is 1.61. The van der Waals surface area contributed by atoms with Gasteiger partial charge in [-0.2, -0.15) is 0 Å². The van der Waals surface area contributed by atoms with E-state index in [0.717, 1.165) is 25.0 Å². The third kappa shape index (κ3) is 4.87. The molecule has 0 aromatic rings. The van der Waals surface area contributed by atoms with Gasteiger partial charge >= 0.3 is 0 Å². The van der Waals surface area contributed by atoms with Crippen LogP contribution in [-0.4, -0.2) is 43.3 Å². The van der Waals surface area contributed by atoms with Crippen LogP contribution in [0.5, 0.6) is 0 Å². The minimum atomic E-state index is 0.321. The van der Waals surface area contributed by atoms with Crippen LogP contribution >= 0.6 is 0 Å². The van der Waals surface area contributed by atoms with Gasteiger partial charge in [0.05, 0.1) is 12.7 Å². The van der Waals surface area contributed by atoms with Gasteiger partial charge in [-0.05, 0) is 52.0 Å². The normalized spacial score (nSPS) is 29.5. The van der Waals surface area contributed by atoms with E-state index in [2.05, 4.69) is 39.6 Å². The summed E-state index contributed by atoms with van der Waals surface area (Å²) in [7, 11) is 2.19. The zero-order valence-corrected chi connectivity index (χ0v) is 12.9. The molecule has 3 atom stereocenters. The van der Waals surface area contributed by atoms with Gasteiger partial charge in [0, 0.05) is 18.6 Å². The number of rotatable bonds is 6. The molecular weight excluding hydrogens is 224 g/mol. The summed E-state index contributed by atoms with van der Waals surface area (Å²) in [6.45, 7) is 10.6. The number of likely N-dealkylation sites (N-methyl/N-ethyl adjacent to an activating group) is 1. The van der Waals surface area contributed by atoms with Crippen molar-refractivity contribution in [1.82, 2.24) is 4.90 Å². The molecule has 0 aliphatic heterocycles. The SMILES string of the molecule is CC(C)OCCN(C)C1CC(C(C)C)CCC1N. The molecule has 0 aromatic heterocycles. The van der Waals surface area contributed by atoms with Gasteiger partial charge in [0.2, 0.25) is 0 Å². The van der Waals surface area contributed by atoms with Gasteiger partial charge in [0.25, 0.3) is 0 Å². The fourth-order valence-electron chi connectivity index (χ4n) is 2.91. The van der Waals surface area contributed by atoms with E-state index >= 15 is 0 Å². The fraction of sp³-hybridized carbons (Fsp3) is 1.00. The van der Waals surface area contributed by atoms with Crippen LogP contribution in [0.1, 0.15) is 47.0 Å². The van der Waals surface area contributed by atoms with Crippen LogP contribution in [0, 0.1) is 11.8 Å². The van der Waals surface area contributed by atoms with Crippen LogP contribution < -0.4 is 5.73 Å². The van der Waals surface area contributed by atoms with Crippen LogP contribution in [0.4, 0.5) is 0 Å². The van der Waals surface area contributed by atoms with E-state index in [9.17, 15) is 0 Å². The Bertz CT molecular complexity index is 231. The highest BCUT2D eigenvalue weighted by molar-refractivity contribution is 4.89. The molecule has 0 heterocycles. The molecule has 1 aliphatic rings. The van der Waals surface area contributed by atoms with E-state index in [1.807, 2.05) is 0 Å². The highest BCUT2D eigenvalue weighted by Crippen LogP contribution is 2.31. The molecule has 0 radical (unpaired) electrons. The second-order valence-electron chi connectivity index (χ2n) is 6.45. The van der Waals surface area contributed by atoms with E-state index in [1.54, 1.807) is 0 Å². The van der Waals surface area contributed by atoms with Gasteiger partial charge in [-0.15, -0.1) is 0 Å². The van der Waals surface area contributed by atoms with Crippen molar-refractivity contribution in [2.24, 2.45) is 17.6 Å². The molecule has 1 aliphatic carbocycles. The van der Waals surface area contributed by atoms with Crippen molar-refractivity contribution < 1.29 is 4.74 Å². The molecule has 1 fully saturated rings. The van der Waals surface area contributed by atoms with Crippen LogP contribution in [0.25, 0.3) is 0 Å². The van der Waals surface area contributed by atoms with Crippen molar-refractivity contribution in [3.8, 4) is 0 Å². The molecule has 3 heteroatoms. The Hall–Kier alpha value is -0.120. The van der Waals surface area contributed by atoms with E-state index in [4.69, 9.17) is 10.5 Å². The molecule has 1 rings (SSSR count). The van der Waals surface area contributed by atoms with Crippen LogP contribution in [0.15, 0.2) is 0 Å². The molecule has 3 unspecified atom stereocenters. The summed E-state index contributed by atoms with van der Waals surface area (Å²) in [5.41, 5.74) is 6.29. The zero-order chi connectivity index (χ0) is 13.7. The topological polar surface area (TPSA) is 38.5 Å². The van der Waals surface area contributed by atoms with Gasteiger partial charge in [0.15, 0.2) is 0 Å². The van der Waals surface area contributed by atoms with Crippen LogP contribution in [-0.2, 0) is 4.74 Å². The lowest BCUT2D eigenvalue weighted by atomic mass is 9.77. The third-order valence-corrected chi connectivity index (χ3v) is 4.31. The van der Waals surface area contributed by atoms with Gasteiger partial charge in [-0.3, -0.25) is 4.90 Å². The first-order valence-electron chi connectivity index (χ1n) is 7.49. The fourth-order valence-corrected chi connectivity index (χ4v) is 2.91. The third-order valence-electron chi connectivity index (χ3n) is 4.31. The first kappa shape index (κ1) is 15.9. The average Bonchev–Trinajstić information content (AvgIpc) is 2.28. The van der Waals surface area contributed by atoms with Gasteiger partial charge in [-0.25, -0.2) is 0 Å². The molecule has 108 valence electrons. The summed E-state index contributed by atoms with van der Waals surface area (Å²) < 4.78 is 5.63. The van der Waals surface area contributed by atoms with E-state index in [-0.39, 0.29) is 0 Å². The highest BCUT2D eigenvalue weighted by atomic mass is 16.5. The first-order chi connectivity index (χ1) is 8.41. The summed E-state index contributed by atoms with van der Waals surface area (Å²) >= 11 is 0. The summed E-state index contributed by atoms with van der Waals surface area (Å²) in [6, 6.07) is 0.867. The summed E-state index contributed by atoms with van der Waals surface area (Å²) in [6.07, 6.45) is 4.04. The number of hydrogen-bond donors (Lipinski definition) is 1. The Morgan fingerprint density at radius 2 is 1.89 bits per heavy atom. The minimum Gasteiger partial charge on any atom is -0.377 e. The lowest BCUT2D eigenvalue weighted by Crippen LogP contribution is -2.51. The number of ether oxygens (including phenoxy) is 1. The second kappa shape index (κ2) is 7.46. The smallest absolute Gasteiger partial charge is 0.0596 e. The number of nitrogens with two attached hydrogens (primary N) is 1. The predicted molar refractivity (Wildman–Crippen MR) is 77.7 cm³/mol. The minimum absolute atomic E-state index is 0.321. The van der Waals surface area contributed by atoms with E-state index in [1.165, 1.54) is 19.3 Å². The monoisotopic (exact) mass is 256 g/mol. The average molecular weight is 256 g/mol. The molecule has 0 saturated heterocycles. The Morgan fingerprint density at radius 3 is 2.44 bits per heavy atom. The molecule has 2 N–H and O–H groups in total. The molecule has 0 amide bonds. The van der Waals surface area contributed by atoms with E-state index in [0.29, 0.717) is 18.2 Å². The van der Waals surface area contributed by atoms with Crippen molar-refractivity contribution in [2.75, 3.05) is 20.2 Å². The predicted octanol–water partition coefficient (Wildman–Crippen LogP) is 2.50. The molecule has 18 heavy (non-hydrogen) atoms. The van der Waals surface area contributed by atoms with Gasteiger partial charge < -0.3 is 10.5 Å². The largest absolute Gasteiger partial charge is 0.377 e. The Balaban J connectivity index is 2.41. The zero-order valence-electron chi connectivity index (χ0n) is 12.9. The maximum Gasteiger partial charge on any atom is 0.0596 e. The number of nitrogens with zero attached hydrogens (tertiary/aromatic N) is 1. The lowest BCUT2D eigenvalue weighted by molar-refractivity contribution is 0.0413. The molecule has 0 spiro atoms. The molecular formula is C15H32N2O. The first-order valence-corrected chi connectivity index (χ1v) is 7.49. The highest BCUT2D eigenvalue weighted by Gasteiger charge is 2.31. The van der Waals surface area contributed by atoms with Crippen LogP contribution in [0.2, 0.25) is 0 Å². The van der Waals surface area contributed by atoms with E-state index < -0.39 is 0 Å². The second-order valence-corrected chi connectivity index (χ2v) is 6.45. The standard InChI is InChI=1S/C15H32N2O/c1-11(2)13-6-7-14(16)15(10-13)17(5)8-9-18-12(3)4/h11-15H,6-10,16H2,1-5H3. The van der Waals surface area contributed by atoms with Crippen molar-refractivity contribution in [3.05, 3.63) is 0 Å². The van der Waals surface area contributed by atoms with Crippen molar-refractivity contribution >= 4 is 0 Å². The Labute approximate surface area is 113 Å². The Kier molecular flexibility index (Phi) is 6.61. The van der Waals surface area contributed by atoms with Crippen molar-refractivity contribution in [2.45, 2.75) is 65.1 Å². The van der Waals surface area contributed by atoms with Gasteiger partial charge in [0.1, 0.15) is 0 Å². The van der Waals surface area contributed by atoms with Crippen LogP contribution in [0.3, 0.4) is 0 Å². The quantitative estimate of drug-likeness (QED) is 0.793. The molecule has 1 saturated carbocycles. The maximum atomic E-state index is 6.29. The summed E-state index contributed by atoms with van der Waals surface area (Å²) in [5, 5.41) is 0. The van der Waals surface area contributed by atoms with Crippen molar-refractivity contribution in [1.29, 1.82) is 0 Å².